The molecule has 1 saturated carbocycles. The maximum Gasteiger partial charge on any atom is 0.320 e. The van der Waals surface area contributed by atoms with Crippen LogP contribution in [-0.2, 0) is 16.1 Å². The third kappa shape index (κ3) is 4.62. The molecule has 1 aromatic rings. The van der Waals surface area contributed by atoms with E-state index in [9.17, 15) is 4.79 Å². The zero-order valence-corrected chi connectivity index (χ0v) is 12.0. The van der Waals surface area contributed by atoms with E-state index in [1.165, 1.54) is 5.56 Å². The van der Waals surface area contributed by atoms with Crippen molar-refractivity contribution in [1.29, 1.82) is 0 Å². The van der Waals surface area contributed by atoms with Crippen LogP contribution in [0.5, 0.6) is 0 Å². The molecular formula is C16H23NO3. The highest BCUT2D eigenvalue weighted by Gasteiger charge is 2.34. The highest BCUT2D eigenvalue weighted by molar-refractivity contribution is 5.73. The molecule has 0 radical (unpaired) electrons. The molecule has 4 heteroatoms. The average Bonchev–Trinajstić information content (AvgIpc) is 3.27. The summed E-state index contributed by atoms with van der Waals surface area (Å²) >= 11 is 0. The van der Waals surface area contributed by atoms with Gasteiger partial charge in [0.1, 0.15) is 6.04 Å². The van der Waals surface area contributed by atoms with Gasteiger partial charge in [-0.25, -0.2) is 0 Å². The van der Waals surface area contributed by atoms with Crippen LogP contribution in [0.25, 0.3) is 0 Å². The lowest BCUT2D eigenvalue weighted by molar-refractivity contribution is -0.143. The van der Waals surface area contributed by atoms with E-state index in [1.807, 2.05) is 30.3 Å². The second kappa shape index (κ2) is 7.41. The second-order valence-corrected chi connectivity index (χ2v) is 5.37. The summed E-state index contributed by atoms with van der Waals surface area (Å²) in [6, 6.07) is 10.2. The number of rotatable bonds is 9. The molecule has 110 valence electrons. The Labute approximate surface area is 120 Å². The molecular weight excluding hydrogens is 254 g/mol. The first kappa shape index (κ1) is 15.0. The quantitative estimate of drug-likeness (QED) is 0.705. The van der Waals surface area contributed by atoms with E-state index >= 15 is 0 Å². The van der Waals surface area contributed by atoms with Crippen LogP contribution >= 0.6 is 0 Å². The van der Waals surface area contributed by atoms with Gasteiger partial charge in [0.2, 0.25) is 0 Å². The van der Waals surface area contributed by atoms with Gasteiger partial charge in [-0.3, -0.25) is 9.69 Å². The molecule has 20 heavy (non-hydrogen) atoms. The average molecular weight is 277 g/mol. The van der Waals surface area contributed by atoms with Gasteiger partial charge in [-0.05, 0) is 31.7 Å². The largest absolute Gasteiger partial charge is 0.480 e. The fourth-order valence-electron chi connectivity index (χ4n) is 2.35. The van der Waals surface area contributed by atoms with Crippen molar-refractivity contribution in [1.82, 2.24) is 4.90 Å². The number of carboxylic acid groups (broad SMARTS) is 1. The van der Waals surface area contributed by atoms with Crippen molar-refractivity contribution >= 4 is 5.97 Å². The molecule has 1 N–H and O–H groups in total. The van der Waals surface area contributed by atoms with Gasteiger partial charge in [-0.15, -0.1) is 0 Å². The van der Waals surface area contributed by atoms with Crippen LogP contribution < -0.4 is 0 Å². The Morgan fingerprint density at radius 3 is 2.70 bits per heavy atom. The van der Waals surface area contributed by atoms with Crippen molar-refractivity contribution in [2.24, 2.45) is 0 Å². The summed E-state index contributed by atoms with van der Waals surface area (Å²) in [4.78, 5) is 13.2. The number of carbonyl (C=O) groups is 1. The minimum Gasteiger partial charge on any atom is -0.480 e. The van der Waals surface area contributed by atoms with Gasteiger partial charge in [-0.2, -0.15) is 0 Å². The SMILES string of the molecule is CC(C(=O)O)N(CCCOCc1ccccc1)C1CC1. The molecule has 0 aliphatic heterocycles. The number of nitrogens with zero attached hydrogens (tertiary/aromatic N) is 1. The van der Waals surface area contributed by atoms with E-state index in [2.05, 4.69) is 4.90 Å². The van der Waals surface area contributed by atoms with E-state index in [4.69, 9.17) is 9.84 Å². The molecule has 0 amide bonds. The predicted octanol–water partition coefficient (Wildman–Crippen LogP) is 2.53. The second-order valence-electron chi connectivity index (χ2n) is 5.37. The summed E-state index contributed by atoms with van der Waals surface area (Å²) in [5.41, 5.74) is 1.17. The Kier molecular flexibility index (Phi) is 5.56. The zero-order chi connectivity index (χ0) is 14.4. The lowest BCUT2D eigenvalue weighted by Gasteiger charge is -2.25. The Hall–Kier alpha value is -1.39. The minimum absolute atomic E-state index is 0.392. The molecule has 0 bridgehead atoms. The van der Waals surface area contributed by atoms with Crippen LogP contribution in [0.2, 0.25) is 0 Å². The number of aliphatic carboxylic acids is 1. The van der Waals surface area contributed by atoms with E-state index in [0.29, 0.717) is 19.3 Å². The minimum atomic E-state index is -0.734. The summed E-state index contributed by atoms with van der Waals surface area (Å²) in [7, 11) is 0. The lowest BCUT2D eigenvalue weighted by Crippen LogP contribution is -2.41. The number of ether oxygens (including phenoxy) is 1. The highest BCUT2D eigenvalue weighted by atomic mass is 16.5. The van der Waals surface area contributed by atoms with Crippen molar-refractivity contribution in [3.05, 3.63) is 35.9 Å². The fourth-order valence-corrected chi connectivity index (χ4v) is 2.35. The van der Waals surface area contributed by atoms with Gasteiger partial charge in [-0.1, -0.05) is 30.3 Å². The van der Waals surface area contributed by atoms with Gasteiger partial charge in [0.05, 0.1) is 6.61 Å². The van der Waals surface area contributed by atoms with E-state index in [1.54, 1.807) is 6.92 Å². The highest BCUT2D eigenvalue weighted by Crippen LogP contribution is 2.28. The van der Waals surface area contributed by atoms with Crippen LogP contribution in [-0.4, -0.2) is 41.2 Å². The van der Waals surface area contributed by atoms with Crippen LogP contribution in [0.4, 0.5) is 0 Å². The third-order valence-corrected chi connectivity index (χ3v) is 3.69. The van der Waals surface area contributed by atoms with E-state index in [0.717, 1.165) is 25.8 Å². The number of carboxylic acids is 1. The number of hydrogen-bond acceptors (Lipinski definition) is 3. The molecule has 2 rings (SSSR count). The first-order chi connectivity index (χ1) is 9.68. The maximum atomic E-state index is 11.1. The standard InChI is InChI=1S/C16H23NO3/c1-13(16(18)19)17(15-8-9-15)10-5-11-20-12-14-6-3-2-4-7-14/h2-4,6-7,13,15H,5,8-12H2,1H3,(H,18,19). The molecule has 4 nitrogen and oxygen atoms in total. The molecule has 1 unspecified atom stereocenters. The Bertz CT molecular complexity index is 417. The summed E-state index contributed by atoms with van der Waals surface area (Å²) < 4.78 is 5.64. The normalized spacial score (nSPS) is 16.3. The zero-order valence-electron chi connectivity index (χ0n) is 12.0. The molecule has 1 aromatic carbocycles. The van der Waals surface area contributed by atoms with E-state index < -0.39 is 12.0 Å². The van der Waals surface area contributed by atoms with E-state index in [-0.39, 0.29) is 0 Å². The first-order valence-electron chi connectivity index (χ1n) is 7.28. The molecule has 0 heterocycles. The number of benzene rings is 1. The monoisotopic (exact) mass is 277 g/mol. The van der Waals surface area contributed by atoms with Crippen molar-refractivity contribution in [2.75, 3.05) is 13.2 Å². The summed E-state index contributed by atoms with van der Waals surface area (Å²) in [5.74, 6) is -0.734. The maximum absolute atomic E-state index is 11.1. The molecule has 1 atom stereocenters. The Morgan fingerprint density at radius 1 is 1.40 bits per heavy atom. The van der Waals surface area contributed by atoms with Crippen LogP contribution in [0.1, 0.15) is 31.7 Å². The summed E-state index contributed by atoms with van der Waals surface area (Å²) in [6.45, 7) is 3.86. The Balaban J connectivity index is 1.65. The van der Waals surface area contributed by atoms with Crippen LogP contribution in [0.15, 0.2) is 30.3 Å². The first-order valence-corrected chi connectivity index (χ1v) is 7.28. The lowest BCUT2D eigenvalue weighted by atomic mass is 10.2. The van der Waals surface area contributed by atoms with Gasteiger partial charge >= 0.3 is 5.97 Å². The van der Waals surface area contributed by atoms with Gasteiger partial charge in [0.25, 0.3) is 0 Å². The molecule has 1 aliphatic rings. The van der Waals surface area contributed by atoms with Crippen LogP contribution in [0, 0.1) is 0 Å². The van der Waals surface area contributed by atoms with Crippen molar-refractivity contribution in [2.45, 2.75) is 44.9 Å². The third-order valence-electron chi connectivity index (χ3n) is 3.69. The van der Waals surface area contributed by atoms with Crippen LogP contribution in [0.3, 0.4) is 0 Å². The Morgan fingerprint density at radius 2 is 2.10 bits per heavy atom. The molecule has 0 saturated heterocycles. The molecule has 1 fully saturated rings. The van der Waals surface area contributed by atoms with Gasteiger partial charge in [0.15, 0.2) is 0 Å². The molecule has 0 spiro atoms. The molecule has 1 aliphatic carbocycles. The molecule has 0 aromatic heterocycles. The van der Waals surface area contributed by atoms with Crippen molar-refractivity contribution < 1.29 is 14.6 Å². The van der Waals surface area contributed by atoms with Crippen molar-refractivity contribution in [3.8, 4) is 0 Å². The fraction of sp³-hybridized carbons (Fsp3) is 0.562. The summed E-state index contributed by atoms with van der Waals surface area (Å²) in [5, 5.41) is 9.11. The van der Waals surface area contributed by atoms with Gasteiger partial charge in [0, 0.05) is 19.2 Å². The number of hydrogen-bond donors (Lipinski definition) is 1. The van der Waals surface area contributed by atoms with Crippen molar-refractivity contribution in [3.63, 3.8) is 0 Å². The smallest absolute Gasteiger partial charge is 0.320 e. The topological polar surface area (TPSA) is 49.8 Å². The summed E-state index contributed by atoms with van der Waals surface area (Å²) in [6.07, 6.45) is 3.13. The predicted molar refractivity (Wildman–Crippen MR) is 77.5 cm³/mol. The van der Waals surface area contributed by atoms with Gasteiger partial charge < -0.3 is 9.84 Å².